The first-order chi connectivity index (χ1) is 14.6. The lowest BCUT2D eigenvalue weighted by atomic mass is 10.1. The Labute approximate surface area is 198 Å². The van der Waals surface area contributed by atoms with Crippen LogP contribution in [-0.4, -0.2) is 55.1 Å². The predicted octanol–water partition coefficient (Wildman–Crippen LogP) is 4.53. The lowest BCUT2D eigenvalue weighted by Crippen LogP contribution is -2.53. The first-order valence-electron chi connectivity index (χ1n) is 11.3. The Kier molecular flexibility index (Phi) is 17.1. The number of ether oxygens (including phenoxy) is 1. The molecule has 0 radical (unpaired) electrons. The number of nitrogens with one attached hydrogen (secondary N) is 1. The SMILES string of the molecule is Br.C=CC[N+]1(CCO)CCCCC1.CCCCCCCOc1ccccc1NC(=O)[O-]. The summed E-state index contributed by atoms with van der Waals surface area (Å²) >= 11 is 0. The third-order valence-corrected chi connectivity index (χ3v) is 5.48. The minimum absolute atomic E-state index is 0. The molecule has 1 aromatic rings. The summed E-state index contributed by atoms with van der Waals surface area (Å²) in [5.74, 6) is 0.553. The largest absolute Gasteiger partial charge is 0.530 e. The van der Waals surface area contributed by atoms with E-state index in [0.717, 1.165) is 30.4 Å². The number of para-hydroxylation sites is 2. The van der Waals surface area contributed by atoms with Crippen LogP contribution in [0, 0.1) is 0 Å². The van der Waals surface area contributed by atoms with Gasteiger partial charge in [-0.2, -0.15) is 0 Å². The molecule has 1 heterocycles. The van der Waals surface area contributed by atoms with Gasteiger partial charge in [-0.05, 0) is 43.9 Å². The number of hydrogen-bond donors (Lipinski definition) is 2. The minimum Gasteiger partial charge on any atom is -0.530 e. The second-order valence-electron chi connectivity index (χ2n) is 7.94. The summed E-state index contributed by atoms with van der Waals surface area (Å²) in [5, 5.41) is 21.7. The van der Waals surface area contributed by atoms with E-state index in [1.165, 1.54) is 51.6 Å². The molecule has 6 nitrogen and oxygen atoms in total. The summed E-state index contributed by atoms with van der Waals surface area (Å²) in [4.78, 5) is 10.5. The third kappa shape index (κ3) is 12.8. The maximum absolute atomic E-state index is 10.5. The molecule has 1 aromatic carbocycles. The standard InChI is InChI=1S/C14H21NO3.C10H20NO.BrH/c1-2-3-4-5-8-11-18-13-10-7-6-9-12(13)15-14(16)17;1-2-6-11(9-10-12)7-4-3-5-8-11;/h6-7,9-10,15H,2-5,8,11H2,1H3,(H,16,17);2,12H,1,3-10H2;1H/q;+1;/p-1. The molecule has 1 saturated heterocycles. The molecule has 0 aliphatic carbocycles. The first kappa shape index (κ1) is 29.4. The first-order valence-corrected chi connectivity index (χ1v) is 11.3. The molecule has 2 rings (SSSR count). The Balaban J connectivity index is 0.000000605. The fourth-order valence-corrected chi connectivity index (χ4v) is 3.86. The molecule has 31 heavy (non-hydrogen) atoms. The van der Waals surface area contributed by atoms with E-state index in [1.54, 1.807) is 18.2 Å². The van der Waals surface area contributed by atoms with Gasteiger partial charge < -0.3 is 29.5 Å². The normalized spacial score (nSPS) is 14.4. The van der Waals surface area contributed by atoms with Crippen molar-refractivity contribution in [3.8, 4) is 5.75 Å². The number of aliphatic hydroxyl groups excluding tert-OH is 1. The molecule has 1 amide bonds. The molecule has 2 N–H and O–H groups in total. The molecule has 0 bridgehead atoms. The minimum atomic E-state index is -1.33. The van der Waals surface area contributed by atoms with Gasteiger partial charge in [-0.15, -0.1) is 17.0 Å². The number of hydrogen-bond acceptors (Lipinski definition) is 4. The summed E-state index contributed by atoms with van der Waals surface area (Å²) in [7, 11) is 0. The van der Waals surface area contributed by atoms with E-state index in [4.69, 9.17) is 9.84 Å². The third-order valence-electron chi connectivity index (χ3n) is 5.48. The summed E-state index contributed by atoms with van der Waals surface area (Å²) in [6.45, 7) is 11.3. The number of halogens is 1. The maximum atomic E-state index is 10.5. The van der Waals surface area contributed by atoms with Crippen molar-refractivity contribution in [1.29, 1.82) is 0 Å². The highest BCUT2D eigenvalue weighted by Crippen LogP contribution is 2.23. The second kappa shape index (κ2) is 18.0. The van der Waals surface area contributed by atoms with Crippen molar-refractivity contribution in [1.82, 2.24) is 0 Å². The smallest absolute Gasteiger partial charge is 0.142 e. The number of anilines is 1. The number of unbranched alkanes of at least 4 members (excludes halogenated alkanes) is 4. The second-order valence-corrected chi connectivity index (χ2v) is 7.94. The highest BCUT2D eigenvalue weighted by Gasteiger charge is 2.27. The number of carbonyl (C=O) groups excluding carboxylic acids is 1. The zero-order valence-corrected chi connectivity index (χ0v) is 20.7. The molecular weight excluding hydrogens is 460 g/mol. The lowest BCUT2D eigenvalue weighted by molar-refractivity contribution is -0.927. The predicted molar refractivity (Wildman–Crippen MR) is 131 cm³/mol. The van der Waals surface area contributed by atoms with Crippen molar-refractivity contribution in [3.05, 3.63) is 36.9 Å². The van der Waals surface area contributed by atoms with Crippen molar-refractivity contribution in [2.75, 3.05) is 44.7 Å². The van der Waals surface area contributed by atoms with Crippen LogP contribution in [0.5, 0.6) is 5.75 Å². The monoisotopic (exact) mass is 500 g/mol. The molecule has 1 fully saturated rings. The number of likely N-dealkylation sites (tertiary alicyclic amines) is 1. The Morgan fingerprint density at radius 3 is 2.48 bits per heavy atom. The zero-order chi connectivity index (χ0) is 22.1. The molecule has 0 unspecified atom stereocenters. The zero-order valence-electron chi connectivity index (χ0n) is 19.0. The molecule has 1 aliphatic heterocycles. The van der Waals surface area contributed by atoms with Crippen LogP contribution in [0.3, 0.4) is 0 Å². The summed E-state index contributed by atoms with van der Waals surface area (Å²) < 4.78 is 6.63. The molecule has 0 spiro atoms. The molecule has 0 saturated carbocycles. The van der Waals surface area contributed by atoms with Gasteiger partial charge in [-0.25, -0.2) is 0 Å². The Hall–Kier alpha value is -1.57. The van der Waals surface area contributed by atoms with Crippen molar-refractivity contribution >= 4 is 28.8 Å². The van der Waals surface area contributed by atoms with Crippen LogP contribution in [0.4, 0.5) is 10.5 Å². The van der Waals surface area contributed by atoms with Crippen molar-refractivity contribution in [2.45, 2.75) is 58.3 Å². The van der Waals surface area contributed by atoms with Crippen molar-refractivity contribution in [2.24, 2.45) is 0 Å². The van der Waals surface area contributed by atoms with Crippen LogP contribution in [0.25, 0.3) is 0 Å². The van der Waals surface area contributed by atoms with Gasteiger partial charge >= 0.3 is 0 Å². The average molecular weight is 502 g/mol. The van der Waals surface area contributed by atoms with Gasteiger partial charge in [0.2, 0.25) is 0 Å². The number of piperidine rings is 1. The number of carboxylic acid groups (broad SMARTS) is 1. The fourth-order valence-electron chi connectivity index (χ4n) is 3.86. The van der Waals surface area contributed by atoms with Crippen LogP contribution in [0.1, 0.15) is 58.3 Å². The summed E-state index contributed by atoms with van der Waals surface area (Å²) in [6, 6.07) is 6.96. The number of rotatable bonds is 12. The summed E-state index contributed by atoms with van der Waals surface area (Å²) in [6.07, 6.45) is 10.5. The van der Waals surface area contributed by atoms with E-state index in [9.17, 15) is 9.90 Å². The molecular formula is C24H41BrN2O4. The van der Waals surface area contributed by atoms with Gasteiger partial charge in [0.1, 0.15) is 18.4 Å². The maximum Gasteiger partial charge on any atom is 0.142 e. The Morgan fingerprint density at radius 2 is 1.87 bits per heavy atom. The highest BCUT2D eigenvalue weighted by molar-refractivity contribution is 8.93. The van der Waals surface area contributed by atoms with E-state index in [1.807, 2.05) is 12.1 Å². The number of benzene rings is 1. The number of nitrogens with zero attached hydrogens (tertiary/aromatic N) is 1. The Morgan fingerprint density at radius 1 is 1.19 bits per heavy atom. The summed E-state index contributed by atoms with van der Waals surface area (Å²) in [5.41, 5.74) is 0.436. The molecule has 0 atom stereocenters. The van der Waals surface area contributed by atoms with Gasteiger partial charge in [-0.3, -0.25) is 0 Å². The van der Waals surface area contributed by atoms with Crippen molar-refractivity contribution < 1.29 is 24.2 Å². The van der Waals surface area contributed by atoms with E-state index < -0.39 is 6.09 Å². The van der Waals surface area contributed by atoms with E-state index >= 15 is 0 Å². The topological polar surface area (TPSA) is 81.6 Å². The van der Waals surface area contributed by atoms with E-state index in [2.05, 4.69) is 18.8 Å². The van der Waals surface area contributed by atoms with E-state index in [0.29, 0.717) is 24.7 Å². The van der Waals surface area contributed by atoms with Crippen LogP contribution in [-0.2, 0) is 0 Å². The average Bonchev–Trinajstić information content (AvgIpc) is 2.73. The van der Waals surface area contributed by atoms with E-state index in [-0.39, 0.29) is 17.0 Å². The van der Waals surface area contributed by atoms with Crippen LogP contribution >= 0.6 is 17.0 Å². The van der Waals surface area contributed by atoms with Gasteiger partial charge in [0.05, 0.1) is 38.5 Å². The quantitative estimate of drug-likeness (QED) is 0.251. The van der Waals surface area contributed by atoms with Crippen molar-refractivity contribution in [3.63, 3.8) is 0 Å². The Bertz CT molecular complexity index is 601. The fraction of sp³-hybridized carbons (Fsp3) is 0.625. The van der Waals surface area contributed by atoms with Crippen LogP contribution < -0.4 is 15.2 Å². The number of aliphatic hydroxyl groups is 1. The number of amides is 1. The van der Waals surface area contributed by atoms with Crippen LogP contribution in [0.2, 0.25) is 0 Å². The molecule has 7 heteroatoms. The molecule has 1 aliphatic rings. The van der Waals surface area contributed by atoms with Gasteiger partial charge in [0.25, 0.3) is 0 Å². The van der Waals surface area contributed by atoms with Gasteiger partial charge in [0.15, 0.2) is 0 Å². The lowest BCUT2D eigenvalue weighted by Gasteiger charge is -2.40. The van der Waals surface area contributed by atoms with Crippen LogP contribution in [0.15, 0.2) is 36.9 Å². The van der Waals surface area contributed by atoms with Gasteiger partial charge in [0, 0.05) is 0 Å². The highest BCUT2D eigenvalue weighted by atomic mass is 79.9. The molecule has 178 valence electrons. The van der Waals surface area contributed by atoms with Gasteiger partial charge in [-0.1, -0.05) is 51.3 Å². The number of quaternary nitrogens is 1. The molecule has 0 aromatic heterocycles. The number of carbonyl (C=O) groups is 1.